The number of fused-ring (bicyclic) bond motifs is 6. The van der Waals surface area contributed by atoms with Gasteiger partial charge >= 0.3 is 17.9 Å². The van der Waals surface area contributed by atoms with Crippen LogP contribution in [-0.2, 0) is 20.6 Å². The molecule has 0 bridgehead atoms. The number of benzene rings is 3. The zero-order chi connectivity index (χ0) is 40.1. The maximum atomic E-state index is 11.5. The first-order chi connectivity index (χ1) is 26.9. The van der Waals surface area contributed by atoms with Gasteiger partial charge in [-0.05, 0) is 109 Å². The molecule has 7 aromatic rings. The number of hydrogen-bond acceptors (Lipinski definition) is 11. The van der Waals surface area contributed by atoms with Crippen molar-refractivity contribution in [3.05, 3.63) is 152 Å². The monoisotopic (exact) mass is 751 g/mol. The van der Waals surface area contributed by atoms with Gasteiger partial charge < -0.3 is 19.2 Å². The predicted octanol–water partition coefficient (Wildman–Crippen LogP) is 8.31. The predicted molar refractivity (Wildman–Crippen MR) is 211 cm³/mol. The van der Waals surface area contributed by atoms with E-state index in [0.717, 1.165) is 45.3 Å². The highest BCUT2D eigenvalue weighted by Gasteiger charge is 2.21. The van der Waals surface area contributed by atoms with Crippen molar-refractivity contribution < 1.29 is 33.5 Å². The van der Waals surface area contributed by atoms with Crippen LogP contribution < -0.4 is 0 Å². The lowest BCUT2D eigenvalue weighted by Gasteiger charge is -2.06. The normalized spacial score (nSPS) is 11.0. The van der Waals surface area contributed by atoms with Gasteiger partial charge in [-0.25, -0.2) is 14.4 Å². The van der Waals surface area contributed by atoms with Crippen molar-refractivity contribution in [1.29, 1.82) is 0 Å². The molecule has 0 saturated heterocycles. The third-order valence-electron chi connectivity index (χ3n) is 9.27. The number of nitrogens with zero attached hydrogens (tertiary/aromatic N) is 4. The van der Waals surface area contributed by atoms with Crippen molar-refractivity contribution in [2.24, 2.45) is 0 Å². The fraction of sp³-hybridized carbons (Fsp3) is 0.163. The Balaban J connectivity index is 0.000000143. The van der Waals surface area contributed by atoms with E-state index in [0.29, 0.717) is 22.3 Å². The number of esters is 3. The van der Waals surface area contributed by atoms with Gasteiger partial charge in [-0.2, -0.15) is 0 Å². The molecule has 1 aliphatic rings. The number of nitrogens with one attached hydrogen (secondary N) is 1. The minimum absolute atomic E-state index is 0.140. The maximum absolute atomic E-state index is 11.5. The quantitative estimate of drug-likeness (QED) is 0.0774. The third kappa shape index (κ3) is 7.97. The van der Waals surface area contributed by atoms with Crippen molar-refractivity contribution in [3.8, 4) is 22.3 Å². The van der Waals surface area contributed by atoms with E-state index in [9.17, 15) is 24.5 Å². The first-order valence-corrected chi connectivity index (χ1v) is 17.3. The molecule has 13 nitrogen and oxygen atoms in total. The largest absolute Gasteiger partial charge is 0.465 e. The number of carbonyl (C=O) groups is 3. The molecule has 0 saturated carbocycles. The number of aromatic amines is 1. The zero-order valence-corrected chi connectivity index (χ0v) is 31.5. The number of pyridine rings is 3. The molecule has 0 aliphatic heterocycles. The summed E-state index contributed by atoms with van der Waals surface area (Å²) in [7, 11) is 4.01. The topological polar surface area (TPSA) is 176 Å². The van der Waals surface area contributed by atoms with Crippen LogP contribution in [0.25, 0.3) is 44.1 Å². The number of aryl methyl sites for hydroxylation is 3. The first kappa shape index (κ1) is 38.4. The van der Waals surface area contributed by atoms with Crippen LogP contribution >= 0.6 is 0 Å². The number of rotatable bonds is 5. The Hall–Kier alpha value is -7.28. The molecule has 4 heterocycles. The molecule has 282 valence electrons. The Bertz CT molecular complexity index is 2670. The summed E-state index contributed by atoms with van der Waals surface area (Å²) in [6.07, 6.45) is 6.13. The minimum Gasteiger partial charge on any atom is -0.465 e. The molecule has 0 atom stereocenters. The number of carbonyl (C=O) groups excluding carboxylic acids is 3. The molecule has 13 heteroatoms. The summed E-state index contributed by atoms with van der Waals surface area (Å²) in [4.78, 5) is 61.0. The molecule has 4 aromatic heterocycles. The smallest absolute Gasteiger partial charge is 0.338 e. The van der Waals surface area contributed by atoms with Crippen LogP contribution in [0, 0.1) is 30.9 Å². The summed E-state index contributed by atoms with van der Waals surface area (Å²) in [5.41, 5.74) is 11.7. The second-order valence-electron chi connectivity index (χ2n) is 12.9. The highest BCUT2D eigenvalue weighted by molar-refractivity contribution is 6.09. The molecular formula is C43H37N5O8. The molecule has 0 unspecified atom stereocenters. The van der Waals surface area contributed by atoms with Crippen LogP contribution in [0.5, 0.6) is 0 Å². The van der Waals surface area contributed by atoms with Gasteiger partial charge in [-0.1, -0.05) is 12.1 Å². The lowest BCUT2D eigenvalue weighted by atomic mass is 10.0. The van der Waals surface area contributed by atoms with Crippen LogP contribution in [0.1, 0.15) is 59.3 Å². The summed E-state index contributed by atoms with van der Waals surface area (Å²) in [6.45, 7) is 5.75. The number of hydrogen-bond donors (Lipinski definition) is 1. The third-order valence-corrected chi connectivity index (χ3v) is 9.27. The zero-order valence-electron chi connectivity index (χ0n) is 31.5. The van der Waals surface area contributed by atoms with Gasteiger partial charge in [0.15, 0.2) is 0 Å². The van der Waals surface area contributed by atoms with Crippen molar-refractivity contribution in [2.45, 2.75) is 27.2 Å². The van der Waals surface area contributed by atoms with Gasteiger partial charge in [0.1, 0.15) is 0 Å². The Kier molecular flexibility index (Phi) is 11.3. The summed E-state index contributed by atoms with van der Waals surface area (Å²) in [5, 5.41) is 13.4. The fourth-order valence-electron chi connectivity index (χ4n) is 6.53. The van der Waals surface area contributed by atoms with Crippen LogP contribution in [0.2, 0.25) is 0 Å². The average molecular weight is 752 g/mol. The lowest BCUT2D eigenvalue weighted by Crippen LogP contribution is -2.03. The van der Waals surface area contributed by atoms with E-state index in [4.69, 9.17) is 9.47 Å². The number of nitro groups is 1. The molecule has 1 aliphatic carbocycles. The molecule has 1 N–H and O–H groups in total. The highest BCUT2D eigenvalue weighted by atomic mass is 16.6. The first-order valence-electron chi connectivity index (χ1n) is 17.3. The van der Waals surface area contributed by atoms with Crippen LogP contribution in [0.3, 0.4) is 0 Å². The minimum atomic E-state index is -0.606. The Morgan fingerprint density at radius 2 is 1.25 bits per heavy atom. The highest BCUT2D eigenvalue weighted by Crippen LogP contribution is 2.37. The van der Waals surface area contributed by atoms with E-state index in [1.807, 2.05) is 50.4 Å². The summed E-state index contributed by atoms with van der Waals surface area (Å²) >= 11 is 0. The van der Waals surface area contributed by atoms with Gasteiger partial charge in [-0.3, -0.25) is 25.1 Å². The number of H-pyrrole nitrogens is 1. The van der Waals surface area contributed by atoms with Crippen LogP contribution in [0.15, 0.2) is 97.5 Å². The van der Waals surface area contributed by atoms with E-state index in [1.165, 1.54) is 55.7 Å². The van der Waals surface area contributed by atoms with E-state index in [-0.39, 0.29) is 23.2 Å². The molecule has 8 rings (SSSR count). The standard InChI is InChI=1S/C15H13NO2.C14H12N2O4.C14H12N2O2/c1-9-5-14-12(8-16-9)7-11-6-10(15(17)18-2)3-4-13(11)14;1-9-7-10(5-6-15-9)12-4-3-11(14(17)20-2)8-13(12)16(18)19;1-8-13-11(5-6-15-8)10-4-3-9(14(17)18-2)7-12(10)16-13/h3-6,8H,7H2,1-2H3;3-8H,1-2H3;3-7,16H,1-2H3. The van der Waals surface area contributed by atoms with Gasteiger partial charge in [0.25, 0.3) is 5.69 Å². The molecule has 0 amide bonds. The van der Waals surface area contributed by atoms with Gasteiger partial charge in [0.2, 0.25) is 0 Å². The van der Waals surface area contributed by atoms with Crippen LogP contribution in [0.4, 0.5) is 5.69 Å². The van der Waals surface area contributed by atoms with Gasteiger partial charge in [0, 0.05) is 58.8 Å². The van der Waals surface area contributed by atoms with Crippen molar-refractivity contribution in [2.75, 3.05) is 21.3 Å². The lowest BCUT2D eigenvalue weighted by molar-refractivity contribution is -0.384. The van der Waals surface area contributed by atoms with Crippen molar-refractivity contribution in [1.82, 2.24) is 19.9 Å². The second kappa shape index (κ2) is 16.4. The van der Waals surface area contributed by atoms with E-state index in [2.05, 4.69) is 30.7 Å². The molecule has 0 fully saturated rings. The van der Waals surface area contributed by atoms with Gasteiger partial charge in [-0.15, -0.1) is 0 Å². The molecule has 0 spiro atoms. The summed E-state index contributed by atoms with van der Waals surface area (Å²) in [5.74, 6) is -1.22. The molecule has 0 radical (unpaired) electrons. The van der Waals surface area contributed by atoms with Crippen LogP contribution in [-0.4, -0.2) is 64.1 Å². The second-order valence-corrected chi connectivity index (χ2v) is 12.9. The van der Waals surface area contributed by atoms with Gasteiger partial charge in [0.05, 0.1) is 59.7 Å². The maximum Gasteiger partial charge on any atom is 0.338 e. The number of methoxy groups -OCH3 is 3. The fourth-order valence-corrected chi connectivity index (χ4v) is 6.53. The Morgan fingerprint density at radius 1 is 0.643 bits per heavy atom. The van der Waals surface area contributed by atoms with Crippen molar-refractivity contribution in [3.63, 3.8) is 0 Å². The van der Waals surface area contributed by atoms with Crippen molar-refractivity contribution >= 4 is 45.4 Å². The van der Waals surface area contributed by atoms with E-state index in [1.54, 1.807) is 49.6 Å². The molecule has 3 aromatic carbocycles. The number of ether oxygens (including phenoxy) is 3. The number of nitro benzene ring substituents is 1. The Labute approximate surface area is 321 Å². The average Bonchev–Trinajstić information content (AvgIpc) is 3.78. The van der Waals surface area contributed by atoms with E-state index >= 15 is 0 Å². The Morgan fingerprint density at radius 3 is 1.91 bits per heavy atom. The SMILES string of the molecule is COC(=O)c1ccc(-c2ccnc(C)c2)c([N+](=O)[O-])c1.COC(=O)c1ccc2c(c1)Cc1cnc(C)cc1-2.COC(=O)c1ccc2c(c1)[nH]c1c(C)nccc12. The number of aromatic nitrogens is 4. The summed E-state index contributed by atoms with van der Waals surface area (Å²) in [6, 6.07) is 23.0. The molecular weight excluding hydrogens is 714 g/mol. The summed E-state index contributed by atoms with van der Waals surface area (Å²) < 4.78 is 14.0. The molecule has 56 heavy (non-hydrogen) atoms. The van der Waals surface area contributed by atoms with E-state index < -0.39 is 10.9 Å².